The molecule has 0 bridgehead atoms. The van der Waals surface area contributed by atoms with Crippen LogP contribution in [0.4, 0.5) is 0 Å². The third kappa shape index (κ3) is 3.31. The Morgan fingerprint density at radius 1 is 1.26 bits per heavy atom. The first kappa shape index (κ1) is 13.1. The fourth-order valence-corrected chi connectivity index (χ4v) is 1.70. The highest BCUT2D eigenvalue weighted by Crippen LogP contribution is 2.16. The van der Waals surface area contributed by atoms with E-state index < -0.39 is 0 Å². The van der Waals surface area contributed by atoms with E-state index in [1.807, 2.05) is 0 Å². The van der Waals surface area contributed by atoms with Crippen molar-refractivity contribution < 1.29 is 14.0 Å². The van der Waals surface area contributed by atoms with Gasteiger partial charge in [-0.3, -0.25) is 9.59 Å². The molecule has 1 heterocycles. The van der Waals surface area contributed by atoms with E-state index in [2.05, 4.69) is 15.6 Å². The molecule has 0 radical (unpaired) electrons. The van der Waals surface area contributed by atoms with Crippen LogP contribution in [0.15, 0.2) is 22.6 Å². The molecule has 0 aliphatic rings. The van der Waals surface area contributed by atoms with Gasteiger partial charge in [0.2, 0.25) is 5.91 Å². The molecule has 0 unspecified atom stereocenters. The van der Waals surface area contributed by atoms with E-state index in [9.17, 15) is 9.59 Å². The van der Waals surface area contributed by atoms with E-state index in [1.165, 1.54) is 6.92 Å². The van der Waals surface area contributed by atoms with Gasteiger partial charge in [0.1, 0.15) is 5.52 Å². The van der Waals surface area contributed by atoms with Gasteiger partial charge in [0.15, 0.2) is 11.5 Å². The summed E-state index contributed by atoms with van der Waals surface area (Å²) in [6.45, 7) is 3.98. The van der Waals surface area contributed by atoms with E-state index in [-0.39, 0.29) is 11.8 Å². The van der Waals surface area contributed by atoms with Gasteiger partial charge in [0.25, 0.3) is 5.91 Å². The number of nitrogens with zero attached hydrogens (tertiary/aromatic N) is 1. The first-order valence-electron chi connectivity index (χ1n) is 5.96. The summed E-state index contributed by atoms with van der Waals surface area (Å²) in [6, 6.07) is 5.09. The number of benzene rings is 1. The van der Waals surface area contributed by atoms with Gasteiger partial charge in [-0.15, -0.1) is 0 Å². The van der Waals surface area contributed by atoms with Crippen molar-refractivity contribution in [3.8, 4) is 0 Å². The molecular weight excluding hydrogens is 246 g/mol. The van der Waals surface area contributed by atoms with Crippen molar-refractivity contribution in [1.82, 2.24) is 15.6 Å². The Bertz CT molecular complexity index is 619. The number of nitrogens with one attached hydrogen (secondary N) is 2. The van der Waals surface area contributed by atoms with Crippen LogP contribution in [0.2, 0.25) is 0 Å². The first-order valence-corrected chi connectivity index (χ1v) is 5.96. The smallest absolute Gasteiger partial charge is 0.251 e. The van der Waals surface area contributed by atoms with Crippen LogP contribution in [0.1, 0.15) is 23.2 Å². The van der Waals surface area contributed by atoms with E-state index in [1.54, 1.807) is 25.1 Å². The summed E-state index contributed by atoms with van der Waals surface area (Å²) in [6.07, 6.45) is 0. The second kappa shape index (κ2) is 5.51. The zero-order valence-corrected chi connectivity index (χ0v) is 10.8. The van der Waals surface area contributed by atoms with Crippen LogP contribution < -0.4 is 10.6 Å². The molecule has 1 aromatic carbocycles. The van der Waals surface area contributed by atoms with Crippen molar-refractivity contribution in [3.05, 3.63) is 29.7 Å². The van der Waals surface area contributed by atoms with Crippen LogP contribution in [0, 0.1) is 6.92 Å². The van der Waals surface area contributed by atoms with Crippen LogP contribution in [-0.4, -0.2) is 29.9 Å². The number of carbonyl (C=O) groups is 2. The molecule has 6 nitrogen and oxygen atoms in total. The number of oxazole rings is 1. The average Bonchev–Trinajstić information content (AvgIpc) is 2.73. The number of hydrogen-bond donors (Lipinski definition) is 2. The number of carbonyl (C=O) groups excluding carboxylic acids is 2. The Morgan fingerprint density at radius 2 is 2.00 bits per heavy atom. The molecular formula is C13H15N3O3. The number of hydrogen-bond acceptors (Lipinski definition) is 4. The lowest BCUT2D eigenvalue weighted by Crippen LogP contribution is -2.33. The molecule has 0 aliphatic carbocycles. The van der Waals surface area contributed by atoms with Crippen LogP contribution in [-0.2, 0) is 4.79 Å². The van der Waals surface area contributed by atoms with Gasteiger partial charge < -0.3 is 15.1 Å². The molecule has 100 valence electrons. The summed E-state index contributed by atoms with van der Waals surface area (Å²) in [5.74, 6) is 0.243. The highest BCUT2D eigenvalue weighted by Gasteiger charge is 2.08. The topological polar surface area (TPSA) is 84.2 Å². The molecule has 0 fully saturated rings. The quantitative estimate of drug-likeness (QED) is 0.804. The van der Waals surface area contributed by atoms with Gasteiger partial charge in [-0.1, -0.05) is 0 Å². The van der Waals surface area contributed by atoms with Crippen LogP contribution in [0.25, 0.3) is 11.1 Å². The maximum Gasteiger partial charge on any atom is 0.251 e. The van der Waals surface area contributed by atoms with Gasteiger partial charge in [0, 0.05) is 32.5 Å². The standard InChI is InChI=1S/C13H15N3O3/c1-8(17)14-5-6-15-13(18)10-3-4-11-12(7-10)19-9(2)16-11/h3-4,7H,5-6H2,1-2H3,(H,14,17)(H,15,18). The maximum absolute atomic E-state index is 11.9. The van der Waals surface area contributed by atoms with E-state index >= 15 is 0 Å². The minimum atomic E-state index is -0.207. The highest BCUT2D eigenvalue weighted by molar-refractivity contribution is 5.97. The van der Waals surface area contributed by atoms with Crippen molar-refractivity contribution in [2.75, 3.05) is 13.1 Å². The minimum absolute atomic E-state index is 0.118. The van der Waals surface area contributed by atoms with Crippen molar-refractivity contribution in [3.63, 3.8) is 0 Å². The fraction of sp³-hybridized carbons (Fsp3) is 0.308. The van der Waals surface area contributed by atoms with E-state index in [4.69, 9.17) is 4.42 Å². The molecule has 1 aromatic heterocycles. The monoisotopic (exact) mass is 261 g/mol. The van der Waals surface area contributed by atoms with Crippen molar-refractivity contribution in [1.29, 1.82) is 0 Å². The maximum atomic E-state index is 11.9. The summed E-state index contributed by atoms with van der Waals surface area (Å²) in [5.41, 5.74) is 1.82. The van der Waals surface area contributed by atoms with E-state index in [0.29, 0.717) is 30.1 Å². The summed E-state index contributed by atoms with van der Waals surface area (Å²) in [5, 5.41) is 5.31. The Kier molecular flexibility index (Phi) is 3.79. The van der Waals surface area contributed by atoms with Gasteiger partial charge >= 0.3 is 0 Å². The molecule has 0 saturated heterocycles. The molecule has 2 amide bonds. The van der Waals surface area contributed by atoms with Crippen LogP contribution in [0.3, 0.4) is 0 Å². The zero-order valence-electron chi connectivity index (χ0n) is 10.8. The summed E-state index contributed by atoms with van der Waals surface area (Å²) in [7, 11) is 0. The van der Waals surface area contributed by atoms with Gasteiger partial charge in [-0.05, 0) is 18.2 Å². The lowest BCUT2D eigenvalue weighted by Gasteiger charge is -2.05. The highest BCUT2D eigenvalue weighted by atomic mass is 16.3. The van der Waals surface area contributed by atoms with Crippen molar-refractivity contribution in [2.45, 2.75) is 13.8 Å². The number of aryl methyl sites for hydroxylation is 1. The third-order valence-corrected chi connectivity index (χ3v) is 2.54. The van der Waals surface area contributed by atoms with Crippen molar-refractivity contribution in [2.24, 2.45) is 0 Å². The Morgan fingerprint density at radius 3 is 2.74 bits per heavy atom. The van der Waals surface area contributed by atoms with Gasteiger partial charge in [-0.2, -0.15) is 0 Å². The van der Waals surface area contributed by atoms with E-state index in [0.717, 1.165) is 5.52 Å². The number of fused-ring (bicyclic) bond motifs is 1. The Labute approximate surface area is 110 Å². The number of amides is 2. The minimum Gasteiger partial charge on any atom is -0.441 e. The second-order valence-electron chi connectivity index (χ2n) is 4.15. The molecule has 0 atom stereocenters. The summed E-state index contributed by atoms with van der Waals surface area (Å²) >= 11 is 0. The third-order valence-electron chi connectivity index (χ3n) is 2.54. The van der Waals surface area contributed by atoms with Gasteiger partial charge in [0.05, 0.1) is 0 Å². The first-order chi connectivity index (χ1) is 9.06. The number of aromatic nitrogens is 1. The molecule has 6 heteroatoms. The Balaban J connectivity index is 1.98. The fourth-order valence-electron chi connectivity index (χ4n) is 1.70. The van der Waals surface area contributed by atoms with Crippen LogP contribution in [0.5, 0.6) is 0 Å². The molecule has 2 rings (SSSR count). The lowest BCUT2D eigenvalue weighted by atomic mass is 10.2. The molecule has 0 saturated carbocycles. The largest absolute Gasteiger partial charge is 0.441 e. The second-order valence-corrected chi connectivity index (χ2v) is 4.15. The summed E-state index contributed by atoms with van der Waals surface area (Å²) < 4.78 is 5.37. The zero-order chi connectivity index (χ0) is 13.8. The van der Waals surface area contributed by atoms with Crippen LogP contribution >= 0.6 is 0 Å². The normalized spacial score (nSPS) is 10.4. The lowest BCUT2D eigenvalue weighted by molar-refractivity contribution is -0.118. The molecule has 0 aliphatic heterocycles. The Hall–Kier alpha value is -2.37. The van der Waals surface area contributed by atoms with Gasteiger partial charge in [-0.25, -0.2) is 4.98 Å². The molecule has 2 N–H and O–H groups in total. The predicted molar refractivity (Wildman–Crippen MR) is 69.8 cm³/mol. The predicted octanol–water partition coefficient (Wildman–Crippen LogP) is 1.00. The average molecular weight is 261 g/mol. The molecule has 0 spiro atoms. The van der Waals surface area contributed by atoms with Crippen molar-refractivity contribution >= 4 is 22.9 Å². The molecule has 2 aromatic rings. The summed E-state index contributed by atoms with van der Waals surface area (Å²) in [4.78, 5) is 26.7. The molecule has 19 heavy (non-hydrogen) atoms. The number of rotatable bonds is 4. The SMILES string of the molecule is CC(=O)NCCNC(=O)c1ccc2nc(C)oc2c1.